The molecule has 0 aliphatic rings. The molecule has 0 radical (unpaired) electrons. The monoisotopic (exact) mass is 208 g/mol. The fourth-order valence-electron chi connectivity index (χ4n) is 1.86. The van der Waals surface area contributed by atoms with Crippen molar-refractivity contribution in [3.63, 3.8) is 0 Å². The molecule has 0 N–H and O–H groups in total. The van der Waals surface area contributed by atoms with Crippen LogP contribution in [0.15, 0.2) is 22.8 Å². The lowest BCUT2D eigenvalue weighted by molar-refractivity contribution is 0.0945. The summed E-state index contributed by atoms with van der Waals surface area (Å²) in [5.74, 6) is 1.32. The summed E-state index contributed by atoms with van der Waals surface area (Å²) < 4.78 is 5.07. The van der Waals surface area contributed by atoms with Gasteiger partial charge in [-0.15, -0.1) is 0 Å². The van der Waals surface area contributed by atoms with Crippen molar-refractivity contribution in [2.75, 3.05) is 0 Å². The fourth-order valence-corrected chi connectivity index (χ4v) is 1.86. The van der Waals surface area contributed by atoms with Crippen LogP contribution in [0.4, 0.5) is 0 Å². The van der Waals surface area contributed by atoms with Gasteiger partial charge in [0, 0.05) is 6.42 Å². The fraction of sp³-hybridized carbons (Fsp3) is 0.615. The number of Topliss-reactive ketones (excluding diaryl/α,β-unsaturated/α-hetero) is 1. The zero-order chi connectivity index (χ0) is 11.1. The molecule has 1 unspecified atom stereocenters. The summed E-state index contributed by atoms with van der Waals surface area (Å²) in [5, 5.41) is 0. The van der Waals surface area contributed by atoms with Crippen LogP contribution in [0.2, 0.25) is 0 Å². The van der Waals surface area contributed by atoms with Gasteiger partial charge in [-0.1, -0.05) is 33.1 Å². The van der Waals surface area contributed by atoms with Gasteiger partial charge in [0.25, 0.3) is 0 Å². The van der Waals surface area contributed by atoms with E-state index in [9.17, 15) is 4.79 Å². The van der Waals surface area contributed by atoms with Gasteiger partial charge in [-0.2, -0.15) is 0 Å². The lowest BCUT2D eigenvalue weighted by Crippen LogP contribution is -2.04. The number of carbonyl (C=O) groups is 1. The molecule has 1 atom stereocenters. The van der Waals surface area contributed by atoms with Crippen LogP contribution in [-0.2, 0) is 0 Å². The summed E-state index contributed by atoms with van der Waals surface area (Å²) in [6, 6.07) is 3.50. The highest BCUT2D eigenvalue weighted by atomic mass is 16.3. The molecule has 0 bridgehead atoms. The van der Waals surface area contributed by atoms with Gasteiger partial charge in [0.15, 0.2) is 11.5 Å². The SMILES string of the molecule is CCCC(CC)CCC(=O)c1ccco1. The molecule has 0 saturated carbocycles. The number of ketones is 1. The van der Waals surface area contributed by atoms with E-state index in [1.54, 1.807) is 18.4 Å². The molecule has 15 heavy (non-hydrogen) atoms. The highest BCUT2D eigenvalue weighted by Gasteiger charge is 2.12. The van der Waals surface area contributed by atoms with Crippen molar-refractivity contribution in [3.8, 4) is 0 Å². The number of hydrogen-bond acceptors (Lipinski definition) is 2. The van der Waals surface area contributed by atoms with Crippen molar-refractivity contribution in [3.05, 3.63) is 24.2 Å². The molecule has 1 aromatic heterocycles. The van der Waals surface area contributed by atoms with Gasteiger partial charge in [0.05, 0.1) is 6.26 Å². The second kappa shape index (κ2) is 6.44. The Balaban J connectivity index is 2.33. The molecule has 0 aromatic carbocycles. The molecule has 1 aromatic rings. The minimum absolute atomic E-state index is 0.134. The molecule has 84 valence electrons. The van der Waals surface area contributed by atoms with Crippen molar-refractivity contribution >= 4 is 5.78 Å². The molecule has 2 nitrogen and oxygen atoms in total. The van der Waals surface area contributed by atoms with Crippen LogP contribution in [0.25, 0.3) is 0 Å². The average Bonchev–Trinajstić information content (AvgIpc) is 2.77. The molecule has 0 fully saturated rings. The Labute approximate surface area is 91.7 Å². The maximum absolute atomic E-state index is 11.6. The Morgan fingerprint density at radius 2 is 2.20 bits per heavy atom. The standard InChI is InChI=1S/C13H20O2/c1-3-6-11(4-2)8-9-12(14)13-7-5-10-15-13/h5,7,10-11H,3-4,6,8-9H2,1-2H3. The van der Waals surface area contributed by atoms with Crippen LogP contribution in [-0.4, -0.2) is 5.78 Å². The van der Waals surface area contributed by atoms with E-state index in [-0.39, 0.29) is 5.78 Å². The van der Waals surface area contributed by atoms with E-state index in [1.165, 1.54) is 19.3 Å². The summed E-state index contributed by atoms with van der Waals surface area (Å²) in [6.07, 6.45) is 6.75. The predicted octanol–water partition coefficient (Wildman–Crippen LogP) is 4.07. The molecule has 1 rings (SSSR count). The van der Waals surface area contributed by atoms with Crippen LogP contribution in [0.5, 0.6) is 0 Å². The molecule has 0 aliphatic carbocycles. The third-order valence-electron chi connectivity index (χ3n) is 2.85. The minimum Gasteiger partial charge on any atom is -0.461 e. The zero-order valence-electron chi connectivity index (χ0n) is 9.66. The van der Waals surface area contributed by atoms with Gasteiger partial charge >= 0.3 is 0 Å². The van der Waals surface area contributed by atoms with E-state index in [4.69, 9.17) is 4.42 Å². The van der Waals surface area contributed by atoms with E-state index in [2.05, 4.69) is 13.8 Å². The first-order valence-electron chi connectivity index (χ1n) is 5.84. The Bertz CT molecular complexity index is 275. The highest BCUT2D eigenvalue weighted by molar-refractivity contribution is 5.93. The van der Waals surface area contributed by atoms with E-state index in [0.29, 0.717) is 18.1 Å². The van der Waals surface area contributed by atoms with E-state index < -0.39 is 0 Å². The first-order valence-corrected chi connectivity index (χ1v) is 5.84. The zero-order valence-corrected chi connectivity index (χ0v) is 9.66. The maximum atomic E-state index is 11.6. The minimum atomic E-state index is 0.134. The molecular formula is C13H20O2. The van der Waals surface area contributed by atoms with Gasteiger partial charge < -0.3 is 4.42 Å². The van der Waals surface area contributed by atoms with Crippen LogP contribution in [0, 0.1) is 5.92 Å². The van der Waals surface area contributed by atoms with Crippen molar-refractivity contribution in [2.45, 2.75) is 46.0 Å². The molecule has 0 spiro atoms. The van der Waals surface area contributed by atoms with Crippen molar-refractivity contribution in [1.29, 1.82) is 0 Å². The van der Waals surface area contributed by atoms with Crippen LogP contribution in [0.1, 0.15) is 56.5 Å². The van der Waals surface area contributed by atoms with Gasteiger partial charge in [-0.3, -0.25) is 4.79 Å². The second-order valence-electron chi connectivity index (χ2n) is 4.00. The topological polar surface area (TPSA) is 30.2 Å². The summed E-state index contributed by atoms with van der Waals surface area (Å²) >= 11 is 0. The first-order chi connectivity index (χ1) is 7.27. The van der Waals surface area contributed by atoms with Crippen LogP contribution < -0.4 is 0 Å². The lowest BCUT2D eigenvalue weighted by Gasteiger charge is -2.11. The highest BCUT2D eigenvalue weighted by Crippen LogP contribution is 2.18. The maximum Gasteiger partial charge on any atom is 0.197 e. The van der Waals surface area contributed by atoms with Crippen molar-refractivity contribution in [1.82, 2.24) is 0 Å². The summed E-state index contributed by atoms with van der Waals surface area (Å²) in [4.78, 5) is 11.6. The summed E-state index contributed by atoms with van der Waals surface area (Å²) in [6.45, 7) is 4.38. The lowest BCUT2D eigenvalue weighted by atomic mass is 9.94. The van der Waals surface area contributed by atoms with Gasteiger partial charge in [-0.05, 0) is 24.5 Å². The summed E-state index contributed by atoms with van der Waals surface area (Å²) in [5.41, 5.74) is 0. The normalized spacial score (nSPS) is 12.7. The third kappa shape index (κ3) is 3.90. The smallest absolute Gasteiger partial charge is 0.197 e. The third-order valence-corrected chi connectivity index (χ3v) is 2.85. The van der Waals surface area contributed by atoms with Crippen LogP contribution in [0.3, 0.4) is 0 Å². The molecule has 0 aliphatic heterocycles. The number of carbonyl (C=O) groups excluding carboxylic acids is 1. The molecule has 2 heteroatoms. The number of furan rings is 1. The van der Waals surface area contributed by atoms with E-state index >= 15 is 0 Å². The molecule has 1 heterocycles. The largest absolute Gasteiger partial charge is 0.461 e. The quantitative estimate of drug-likeness (QED) is 0.632. The molecule has 0 amide bonds. The Kier molecular flexibility index (Phi) is 5.16. The predicted molar refractivity (Wildman–Crippen MR) is 61.0 cm³/mol. The Morgan fingerprint density at radius 3 is 2.73 bits per heavy atom. The Morgan fingerprint density at radius 1 is 1.40 bits per heavy atom. The number of hydrogen-bond donors (Lipinski definition) is 0. The van der Waals surface area contributed by atoms with Gasteiger partial charge in [0.1, 0.15) is 0 Å². The van der Waals surface area contributed by atoms with Crippen molar-refractivity contribution < 1.29 is 9.21 Å². The van der Waals surface area contributed by atoms with Crippen molar-refractivity contribution in [2.24, 2.45) is 5.92 Å². The van der Waals surface area contributed by atoms with Crippen LogP contribution >= 0.6 is 0 Å². The molecule has 0 saturated heterocycles. The Hall–Kier alpha value is -1.05. The van der Waals surface area contributed by atoms with Gasteiger partial charge in [-0.25, -0.2) is 0 Å². The van der Waals surface area contributed by atoms with Gasteiger partial charge in [0.2, 0.25) is 0 Å². The van der Waals surface area contributed by atoms with E-state index in [1.807, 2.05) is 0 Å². The number of rotatable bonds is 7. The molecular weight excluding hydrogens is 188 g/mol. The second-order valence-corrected chi connectivity index (χ2v) is 4.00. The van der Waals surface area contributed by atoms with E-state index in [0.717, 1.165) is 6.42 Å². The summed E-state index contributed by atoms with van der Waals surface area (Å²) in [7, 11) is 0. The first kappa shape index (κ1) is 12.0. The average molecular weight is 208 g/mol.